The first-order valence-electron chi connectivity index (χ1n) is 4.90. The summed E-state index contributed by atoms with van der Waals surface area (Å²) in [5.41, 5.74) is 0.815. The van der Waals surface area contributed by atoms with Crippen LogP contribution in [0.3, 0.4) is 0 Å². The number of hydrogen-bond donors (Lipinski definition) is 0. The van der Waals surface area contributed by atoms with Gasteiger partial charge in [-0.3, -0.25) is 4.79 Å². The molecular weight excluding hydrogens is 226 g/mol. The van der Waals surface area contributed by atoms with Crippen molar-refractivity contribution in [1.82, 2.24) is 10.2 Å². The Labute approximate surface area is 96.1 Å². The van der Waals surface area contributed by atoms with E-state index < -0.39 is 11.6 Å². The molecule has 2 aromatic rings. The Morgan fingerprint density at radius 3 is 2.59 bits per heavy atom. The molecule has 0 radical (unpaired) electrons. The quantitative estimate of drug-likeness (QED) is 0.764. The topological polar surface area (TPSA) is 42.9 Å². The lowest BCUT2D eigenvalue weighted by molar-refractivity contribution is 0.0992. The van der Waals surface area contributed by atoms with Crippen molar-refractivity contribution >= 4 is 5.78 Å². The van der Waals surface area contributed by atoms with Gasteiger partial charge in [-0.25, -0.2) is 8.78 Å². The van der Waals surface area contributed by atoms with Crippen molar-refractivity contribution in [3.8, 4) is 0 Å². The number of benzene rings is 1. The molecule has 0 aliphatic rings. The summed E-state index contributed by atoms with van der Waals surface area (Å²) in [5, 5.41) is 7.21. The number of ketones is 1. The second-order valence-corrected chi connectivity index (χ2v) is 3.48. The first kappa shape index (κ1) is 11.3. The lowest BCUT2D eigenvalue weighted by Crippen LogP contribution is -2.05. The minimum Gasteiger partial charge on any atom is -0.294 e. The van der Waals surface area contributed by atoms with Crippen molar-refractivity contribution in [3.63, 3.8) is 0 Å². The molecule has 3 nitrogen and oxygen atoms in total. The molecule has 1 aromatic carbocycles. The van der Waals surface area contributed by atoms with E-state index in [1.54, 1.807) is 6.07 Å². The minimum atomic E-state index is -1.02. The van der Waals surface area contributed by atoms with Crippen molar-refractivity contribution in [3.05, 3.63) is 59.4 Å². The van der Waals surface area contributed by atoms with Crippen LogP contribution < -0.4 is 0 Å². The van der Waals surface area contributed by atoms with E-state index in [-0.39, 0.29) is 17.8 Å². The van der Waals surface area contributed by atoms with E-state index in [2.05, 4.69) is 10.2 Å². The third-order valence-electron chi connectivity index (χ3n) is 2.25. The largest absolute Gasteiger partial charge is 0.294 e. The number of rotatable bonds is 3. The Hall–Kier alpha value is -2.17. The normalized spacial score (nSPS) is 10.2. The van der Waals surface area contributed by atoms with Crippen molar-refractivity contribution in [2.75, 3.05) is 0 Å². The first-order valence-corrected chi connectivity index (χ1v) is 4.90. The average molecular weight is 234 g/mol. The number of aromatic nitrogens is 2. The fraction of sp³-hybridized carbons (Fsp3) is 0.0833. The molecular formula is C12H8F2N2O. The standard InChI is InChI=1S/C12H8F2N2O/c13-10-2-1-9(6-11(10)14)12(17)5-8-3-4-15-16-7-8/h1-4,6-7H,5H2. The molecule has 0 fully saturated rings. The van der Waals surface area contributed by atoms with Crippen LogP contribution in [-0.4, -0.2) is 16.0 Å². The molecule has 0 aliphatic carbocycles. The van der Waals surface area contributed by atoms with Crippen molar-refractivity contribution < 1.29 is 13.6 Å². The first-order chi connectivity index (χ1) is 8.16. The highest BCUT2D eigenvalue weighted by atomic mass is 19.2. The van der Waals surface area contributed by atoms with Crippen LogP contribution in [-0.2, 0) is 6.42 Å². The van der Waals surface area contributed by atoms with Crippen molar-refractivity contribution in [2.24, 2.45) is 0 Å². The monoisotopic (exact) mass is 234 g/mol. The number of carbonyl (C=O) groups excluding carboxylic acids is 1. The van der Waals surface area contributed by atoms with Crippen LogP contribution in [0.5, 0.6) is 0 Å². The van der Waals surface area contributed by atoms with Gasteiger partial charge < -0.3 is 0 Å². The lowest BCUT2D eigenvalue weighted by atomic mass is 10.0. The Kier molecular flexibility index (Phi) is 3.18. The number of carbonyl (C=O) groups is 1. The van der Waals surface area contributed by atoms with Gasteiger partial charge in [0.1, 0.15) is 0 Å². The van der Waals surface area contributed by atoms with Crippen LogP contribution in [0.1, 0.15) is 15.9 Å². The molecule has 5 heteroatoms. The lowest BCUT2D eigenvalue weighted by Gasteiger charge is -2.01. The summed E-state index contributed by atoms with van der Waals surface area (Å²) in [6.45, 7) is 0. The highest BCUT2D eigenvalue weighted by molar-refractivity contribution is 5.97. The predicted octanol–water partition coefficient (Wildman–Crippen LogP) is 2.18. The molecule has 0 spiro atoms. The molecule has 86 valence electrons. The Balaban J connectivity index is 2.18. The molecule has 0 saturated heterocycles. The van der Waals surface area contributed by atoms with E-state index in [9.17, 15) is 13.6 Å². The summed E-state index contributed by atoms with van der Waals surface area (Å²) in [7, 11) is 0. The number of Topliss-reactive ketones (excluding diaryl/α,β-unsaturated/α-hetero) is 1. The van der Waals surface area contributed by atoms with Gasteiger partial charge in [0.2, 0.25) is 0 Å². The van der Waals surface area contributed by atoms with E-state index in [0.717, 1.165) is 12.1 Å². The minimum absolute atomic E-state index is 0.0839. The van der Waals surface area contributed by atoms with Gasteiger partial charge in [0.05, 0.1) is 6.20 Å². The third kappa shape index (κ3) is 2.69. The summed E-state index contributed by atoms with van der Waals surface area (Å²) in [6.07, 6.45) is 3.01. The molecule has 1 heterocycles. The molecule has 0 aliphatic heterocycles. The fourth-order valence-electron chi connectivity index (χ4n) is 1.38. The van der Waals surface area contributed by atoms with Crippen LogP contribution in [0.4, 0.5) is 8.78 Å². The average Bonchev–Trinajstić information content (AvgIpc) is 2.34. The second-order valence-electron chi connectivity index (χ2n) is 3.48. The van der Waals surface area contributed by atoms with E-state index in [0.29, 0.717) is 5.56 Å². The smallest absolute Gasteiger partial charge is 0.167 e. The molecule has 0 saturated carbocycles. The highest BCUT2D eigenvalue weighted by Gasteiger charge is 2.10. The van der Waals surface area contributed by atoms with Gasteiger partial charge in [0.15, 0.2) is 17.4 Å². The number of hydrogen-bond acceptors (Lipinski definition) is 3. The highest BCUT2D eigenvalue weighted by Crippen LogP contribution is 2.11. The number of halogens is 2. The second kappa shape index (κ2) is 4.78. The maximum absolute atomic E-state index is 12.9. The van der Waals surface area contributed by atoms with Gasteiger partial charge >= 0.3 is 0 Å². The molecule has 0 unspecified atom stereocenters. The Morgan fingerprint density at radius 2 is 1.94 bits per heavy atom. The molecule has 17 heavy (non-hydrogen) atoms. The maximum atomic E-state index is 12.9. The van der Waals surface area contributed by atoms with Gasteiger partial charge in [-0.05, 0) is 29.8 Å². The van der Waals surface area contributed by atoms with Gasteiger partial charge in [0, 0.05) is 18.2 Å². The fourth-order valence-corrected chi connectivity index (χ4v) is 1.38. The SMILES string of the molecule is O=C(Cc1ccnnc1)c1ccc(F)c(F)c1. The zero-order valence-electron chi connectivity index (χ0n) is 8.73. The molecule has 0 N–H and O–H groups in total. The van der Waals surface area contributed by atoms with Gasteiger partial charge in [-0.2, -0.15) is 10.2 Å². The summed E-state index contributed by atoms with van der Waals surface area (Å²) in [5.74, 6) is -2.28. The maximum Gasteiger partial charge on any atom is 0.167 e. The van der Waals surface area contributed by atoms with E-state index in [1.807, 2.05) is 0 Å². The van der Waals surface area contributed by atoms with Crippen LogP contribution in [0.25, 0.3) is 0 Å². The van der Waals surface area contributed by atoms with E-state index in [1.165, 1.54) is 18.5 Å². The summed E-state index contributed by atoms with van der Waals surface area (Å²) >= 11 is 0. The zero-order chi connectivity index (χ0) is 12.3. The van der Waals surface area contributed by atoms with Crippen LogP contribution in [0.2, 0.25) is 0 Å². The molecule has 2 rings (SSSR count). The molecule has 0 amide bonds. The van der Waals surface area contributed by atoms with Crippen molar-refractivity contribution in [1.29, 1.82) is 0 Å². The molecule has 0 bridgehead atoms. The Morgan fingerprint density at radius 1 is 1.12 bits per heavy atom. The number of nitrogens with zero attached hydrogens (tertiary/aromatic N) is 2. The molecule has 1 aromatic heterocycles. The third-order valence-corrected chi connectivity index (χ3v) is 2.25. The Bertz CT molecular complexity index is 543. The summed E-state index contributed by atoms with van der Waals surface area (Å²) in [4.78, 5) is 11.7. The zero-order valence-corrected chi connectivity index (χ0v) is 8.73. The van der Waals surface area contributed by atoms with Gasteiger partial charge in [-0.15, -0.1) is 0 Å². The summed E-state index contributed by atoms with van der Waals surface area (Å²) in [6, 6.07) is 4.74. The van der Waals surface area contributed by atoms with Crippen molar-refractivity contribution in [2.45, 2.75) is 6.42 Å². The van der Waals surface area contributed by atoms with Gasteiger partial charge in [-0.1, -0.05) is 0 Å². The molecule has 0 atom stereocenters. The van der Waals surface area contributed by atoms with Gasteiger partial charge in [0.25, 0.3) is 0 Å². The summed E-state index contributed by atoms with van der Waals surface area (Å²) < 4.78 is 25.6. The van der Waals surface area contributed by atoms with Crippen LogP contribution in [0.15, 0.2) is 36.7 Å². The van der Waals surface area contributed by atoms with E-state index in [4.69, 9.17) is 0 Å². The van der Waals surface area contributed by atoms with Crippen LogP contribution >= 0.6 is 0 Å². The van der Waals surface area contributed by atoms with Crippen LogP contribution in [0, 0.1) is 11.6 Å². The van der Waals surface area contributed by atoms with E-state index >= 15 is 0 Å². The predicted molar refractivity (Wildman–Crippen MR) is 56.4 cm³/mol.